The second-order valence-electron chi connectivity index (χ2n) is 8.42. The van der Waals surface area contributed by atoms with Crippen molar-refractivity contribution >= 4 is 27.3 Å². The molecule has 0 spiro atoms. The molecule has 0 unspecified atom stereocenters. The van der Waals surface area contributed by atoms with Gasteiger partial charge in [-0.05, 0) is 61.0 Å². The summed E-state index contributed by atoms with van der Waals surface area (Å²) in [5.74, 6) is -3.04. The lowest BCUT2D eigenvalue weighted by atomic mass is 10.0. The van der Waals surface area contributed by atoms with Crippen LogP contribution in [0.5, 0.6) is 17.2 Å². The molecule has 0 aliphatic heterocycles. The molecule has 4 rings (SSSR count). The standard InChI is InChI=1S/C27H22ClF3N2O5S/c1-3-37-26-13-27(34)33(2)14-21(26)20-12-19(6-9-24(20)38-25-8-5-18(30)11-23(25)31)32-39(35,36)15-16-10-17(29)4-7-22(16)28/h4-14,32H,3,15H2,1-2H3. The van der Waals surface area contributed by atoms with E-state index in [1.165, 1.54) is 48.1 Å². The Morgan fingerprint density at radius 1 is 0.897 bits per heavy atom. The Kier molecular flexibility index (Phi) is 8.22. The first-order valence-corrected chi connectivity index (χ1v) is 13.5. The Hall–Kier alpha value is -3.96. The number of nitrogens with zero attached hydrogens (tertiary/aromatic N) is 1. The molecule has 0 aliphatic rings. The third-order valence-electron chi connectivity index (χ3n) is 5.50. The zero-order valence-corrected chi connectivity index (χ0v) is 22.2. The highest BCUT2D eigenvalue weighted by Gasteiger charge is 2.20. The second-order valence-corrected chi connectivity index (χ2v) is 10.5. The molecule has 0 bridgehead atoms. The van der Waals surface area contributed by atoms with Gasteiger partial charge in [-0.15, -0.1) is 0 Å². The van der Waals surface area contributed by atoms with Crippen LogP contribution in [0.15, 0.2) is 71.7 Å². The fourth-order valence-electron chi connectivity index (χ4n) is 3.73. The van der Waals surface area contributed by atoms with Gasteiger partial charge >= 0.3 is 0 Å². The number of nitrogens with one attached hydrogen (secondary N) is 1. The van der Waals surface area contributed by atoms with Gasteiger partial charge in [0.25, 0.3) is 5.56 Å². The Bertz CT molecular complexity index is 1710. The van der Waals surface area contributed by atoms with Crippen LogP contribution in [0.25, 0.3) is 11.1 Å². The van der Waals surface area contributed by atoms with Crippen molar-refractivity contribution in [2.24, 2.45) is 7.05 Å². The predicted octanol–water partition coefficient (Wildman–Crippen LogP) is 6.26. The van der Waals surface area contributed by atoms with E-state index in [1.807, 2.05) is 0 Å². The third-order valence-corrected chi connectivity index (χ3v) is 7.11. The Morgan fingerprint density at radius 3 is 2.31 bits per heavy atom. The number of halogens is 4. The lowest BCUT2D eigenvalue weighted by Crippen LogP contribution is -2.17. The number of hydrogen-bond donors (Lipinski definition) is 1. The zero-order valence-electron chi connectivity index (χ0n) is 20.7. The van der Waals surface area contributed by atoms with E-state index in [0.717, 1.165) is 24.3 Å². The summed E-state index contributed by atoms with van der Waals surface area (Å²) in [7, 11) is -2.56. The molecule has 1 aromatic heterocycles. The largest absolute Gasteiger partial charge is 0.493 e. The molecule has 39 heavy (non-hydrogen) atoms. The molecule has 1 N–H and O–H groups in total. The van der Waals surface area contributed by atoms with Crippen LogP contribution in [0.3, 0.4) is 0 Å². The zero-order chi connectivity index (χ0) is 28.3. The summed E-state index contributed by atoms with van der Waals surface area (Å²) in [6, 6.07) is 11.6. The molecule has 204 valence electrons. The quantitative estimate of drug-likeness (QED) is 0.253. The van der Waals surface area contributed by atoms with Gasteiger partial charge in [-0.25, -0.2) is 21.6 Å². The first-order chi connectivity index (χ1) is 18.5. The summed E-state index contributed by atoms with van der Waals surface area (Å²) in [5.41, 5.74) is 0.360. The van der Waals surface area contributed by atoms with Crippen LogP contribution in [0.1, 0.15) is 12.5 Å². The molecule has 4 aromatic rings. The van der Waals surface area contributed by atoms with Gasteiger partial charge in [0.2, 0.25) is 10.0 Å². The highest BCUT2D eigenvalue weighted by Crippen LogP contribution is 2.40. The van der Waals surface area contributed by atoms with Crippen LogP contribution in [0.4, 0.5) is 18.9 Å². The van der Waals surface area contributed by atoms with Crippen molar-refractivity contribution in [1.82, 2.24) is 4.57 Å². The van der Waals surface area contributed by atoms with Crippen molar-refractivity contribution in [3.63, 3.8) is 0 Å². The first kappa shape index (κ1) is 28.1. The molecule has 0 atom stereocenters. The number of aryl methyl sites for hydroxylation is 1. The van der Waals surface area contributed by atoms with E-state index in [-0.39, 0.29) is 51.3 Å². The molecule has 0 fully saturated rings. The molecule has 1 heterocycles. The van der Waals surface area contributed by atoms with Gasteiger partial charge in [-0.3, -0.25) is 9.52 Å². The van der Waals surface area contributed by atoms with Gasteiger partial charge in [0.15, 0.2) is 11.6 Å². The van der Waals surface area contributed by atoms with E-state index < -0.39 is 33.2 Å². The maximum absolute atomic E-state index is 14.4. The van der Waals surface area contributed by atoms with Crippen LogP contribution in [0, 0.1) is 17.5 Å². The predicted molar refractivity (Wildman–Crippen MR) is 142 cm³/mol. The van der Waals surface area contributed by atoms with Gasteiger partial charge in [0.1, 0.15) is 23.1 Å². The van der Waals surface area contributed by atoms with Crippen LogP contribution < -0.4 is 19.8 Å². The van der Waals surface area contributed by atoms with Crippen molar-refractivity contribution in [2.45, 2.75) is 12.7 Å². The fraction of sp³-hybridized carbons (Fsp3) is 0.148. The summed E-state index contributed by atoms with van der Waals surface area (Å²) < 4.78 is 82.4. The van der Waals surface area contributed by atoms with Gasteiger partial charge in [0.05, 0.1) is 12.4 Å². The SMILES string of the molecule is CCOc1cc(=O)n(C)cc1-c1cc(NS(=O)(=O)Cc2cc(F)ccc2Cl)ccc1Oc1ccc(F)cc1F. The van der Waals surface area contributed by atoms with Crippen LogP contribution >= 0.6 is 11.6 Å². The van der Waals surface area contributed by atoms with Crippen LogP contribution in [-0.2, 0) is 22.8 Å². The fourth-order valence-corrected chi connectivity index (χ4v) is 5.20. The number of ether oxygens (including phenoxy) is 2. The Labute approximate surface area is 227 Å². The van der Waals surface area contributed by atoms with E-state index in [0.29, 0.717) is 11.6 Å². The van der Waals surface area contributed by atoms with Gasteiger partial charge in [0, 0.05) is 47.2 Å². The smallest absolute Gasteiger partial charge is 0.254 e. The lowest BCUT2D eigenvalue weighted by Gasteiger charge is -2.18. The highest BCUT2D eigenvalue weighted by molar-refractivity contribution is 7.91. The van der Waals surface area contributed by atoms with Gasteiger partial charge < -0.3 is 14.0 Å². The number of aromatic nitrogens is 1. The Morgan fingerprint density at radius 2 is 1.59 bits per heavy atom. The lowest BCUT2D eigenvalue weighted by molar-refractivity contribution is 0.340. The van der Waals surface area contributed by atoms with Crippen LogP contribution in [0.2, 0.25) is 5.02 Å². The number of anilines is 1. The van der Waals surface area contributed by atoms with E-state index in [1.54, 1.807) is 6.92 Å². The third kappa shape index (κ3) is 6.73. The molecule has 0 radical (unpaired) electrons. The van der Waals surface area contributed by atoms with Gasteiger partial charge in [-0.2, -0.15) is 0 Å². The van der Waals surface area contributed by atoms with Crippen LogP contribution in [-0.4, -0.2) is 19.6 Å². The van der Waals surface area contributed by atoms with Crippen molar-refractivity contribution in [2.75, 3.05) is 11.3 Å². The topological polar surface area (TPSA) is 86.6 Å². The summed E-state index contributed by atoms with van der Waals surface area (Å²) >= 11 is 6.03. The minimum absolute atomic E-state index is 0.0628. The molecule has 7 nitrogen and oxygen atoms in total. The highest BCUT2D eigenvalue weighted by atomic mass is 35.5. The number of hydrogen-bond acceptors (Lipinski definition) is 5. The molecule has 0 aliphatic carbocycles. The molecular formula is C27H22ClF3N2O5S. The van der Waals surface area contributed by atoms with Gasteiger partial charge in [-0.1, -0.05) is 11.6 Å². The maximum atomic E-state index is 14.4. The van der Waals surface area contributed by atoms with E-state index >= 15 is 0 Å². The molecule has 0 amide bonds. The molecule has 0 saturated carbocycles. The summed E-state index contributed by atoms with van der Waals surface area (Å²) in [6.45, 7) is 1.93. The maximum Gasteiger partial charge on any atom is 0.254 e. The Balaban J connectivity index is 1.80. The van der Waals surface area contributed by atoms with E-state index in [4.69, 9.17) is 21.1 Å². The summed E-state index contributed by atoms with van der Waals surface area (Å²) in [5, 5.41) is 0.0825. The van der Waals surface area contributed by atoms with Crippen molar-refractivity contribution in [3.8, 4) is 28.4 Å². The van der Waals surface area contributed by atoms with E-state index in [9.17, 15) is 26.4 Å². The number of sulfonamides is 1. The van der Waals surface area contributed by atoms with E-state index in [2.05, 4.69) is 4.72 Å². The first-order valence-electron chi connectivity index (χ1n) is 11.5. The molecule has 0 saturated heterocycles. The van der Waals surface area contributed by atoms with Crippen molar-refractivity contribution in [3.05, 3.63) is 105 Å². The monoisotopic (exact) mass is 578 g/mol. The molecular weight excluding hydrogens is 557 g/mol. The number of pyridine rings is 1. The minimum Gasteiger partial charge on any atom is -0.493 e. The number of rotatable bonds is 9. The summed E-state index contributed by atoms with van der Waals surface area (Å²) in [4.78, 5) is 12.3. The summed E-state index contributed by atoms with van der Waals surface area (Å²) in [6.07, 6.45) is 1.46. The minimum atomic E-state index is -4.07. The average Bonchev–Trinajstić information content (AvgIpc) is 2.86. The molecule has 12 heteroatoms. The van der Waals surface area contributed by atoms with Crippen molar-refractivity contribution < 1.29 is 31.1 Å². The number of benzene rings is 3. The normalized spacial score (nSPS) is 11.3. The molecule has 3 aromatic carbocycles. The van der Waals surface area contributed by atoms with Crippen molar-refractivity contribution in [1.29, 1.82) is 0 Å². The second kappa shape index (κ2) is 11.4. The average molecular weight is 579 g/mol.